The molecule has 0 aliphatic rings. The fraction of sp³-hybridized carbons (Fsp3) is 0.143. The Kier molecular flexibility index (Phi) is 5.97. The molecule has 2 N–H and O–H groups in total. The molecule has 0 atom stereocenters. The molecule has 4 rings (SSSR count). The Labute approximate surface area is 185 Å². The van der Waals surface area contributed by atoms with Gasteiger partial charge in [0.2, 0.25) is 4.96 Å². The van der Waals surface area contributed by atoms with E-state index in [9.17, 15) is 14.0 Å². The van der Waals surface area contributed by atoms with E-state index in [2.05, 4.69) is 20.7 Å². The largest absolute Gasteiger partial charge is 0.347 e. The number of carbonyl (C=O) groups is 2. The summed E-state index contributed by atoms with van der Waals surface area (Å²) in [6.45, 7) is 2.05. The molecule has 0 radical (unpaired) electrons. The Morgan fingerprint density at radius 1 is 1.19 bits per heavy atom. The van der Waals surface area contributed by atoms with Gasteiger partial charge in [0, 0.05) is 34.6 Å². The molecule has 0 saturated heterocycles. The van der Waals surface area contributed by atoms with Crippen LogP contribution >= 0.6 is 22.9 Å². The van der Waals surface area contributed by atoms with Gasteiger partial charge in [-0.3, -0.25) is 9.59 Å². The van der Waals surface area contributed by atoms with Crippen molar-refractivity contribution in [3.05, 3.63) is 69.9 Å². The average Bonchev–Trinajstić information content (AvgIpc) is 3.32. The topological polar surface area (TPSA) is 88.4 Å². The standard InChI is InChI=1S/C21H17ClFN5O2S/c1-12-5-6-14(22)10-17(12)25-20(30)19(29)24-8-7-16-11-31-21-26-18(27-28(16)21)13-3-2-4-15(23)9-13/h2-6,9-11H,7-8H2,1H3,(H,24,29)(H,25,30). The summed E-state index contributed by atoms with van der Waals surface area (Å²) in [5.41, 5.74) is 2.69. The van der Waals surface area contributed by atoms with E-state index < -0.39 is 11.8 Å². The lowest BCUT2D eigenvalue weighted by molar-refractivity contribution is -0.136. The highest BCUT2D eigenvalue weighted by Crippen LogP contribution is 2.22. The van der Waals surface area contributed by atoms with Crippen molar-refractivity contribution in [2.24, 2.45) is 0 Å². The van der Waals surface area contributed by atoms with Gasteiger partial charge in [0.25, 0.3) is 0 Å². The van der Waals surface area contributed by atoms with Gasteiger partial charge in [-0.1, -0.05) is 29.8 Å². The Morgan fingerprint density at radius 3 is 2.84 bits per heavy atom. The fourth-order valence-corrected chi connectivity index (χ4v) is 3.97. The fourth-order valence-electron chi connectivity index (χ4n) is 2.94. The van der Waals surface area contributed by atoms with Crippen molar-refractivity contribution in [2.45, 2.75) is 13.3 Å². The Hall–Kier alpha value is -3.30. The number of hydrogen-bond acceptors (Lipinski definition) is 5. The first-order valence-electron chi connectivity index (χ1n) is 9.35. The zero-order valence-electron chi connectivity index (χ0n) is 16.4. The molecule has 0 spiro atoms. The molecule has 2 aromatic carbocycles. The minimum Gasteiger partial charge on any atom is -0.347 e. The summed E-state index contributed by atoms with van der Waals surface area (Å²) in [6, 6.07) is 11.1. The van der Waals surface area contributed by atoms with E-state index >= 15 is 0 Å². The molecule has 0 unspecified atom stereocenters. The molecule has 2 amide bonds. The zero-order valence-corrected chi connectivity index (χ0v) is 17.9. The highest BCUT2D eigenvalue weighted by molar-refractivity contribution is 7.15. The number of hydrogen-bond donors (Lipinski definition) is 2. The summed E-state index contributed by atoms with van der Waals surface area (Å²) in [4.78, 5) is 29.4. The summed E-state index contributed by atoms with van der Waals surface area (Å²) < 4.78 is 15.1. The summed E-state index contributed by atoms with van der Waals surface area (Å²) in [6.07, 6.45) is 0.446. The lowest BCUT2D eigenvalue weighted by Gasteiger charge is -2.09. The van der Waals surface area contributed by atoms with Gasteiger partial charge in [-0.25, -0.2) is 8.91 Å². The van der Waals surface area contributed by atoms with Gasteiger partial charge in [-0.05, 0) is 36.8 Å². The van der Waals surface area contributed by atoms with Gasteiger partial charge < -0.3 is 10.6 Å². The van der Waals surface area contributed by atoms with Crippen molar-refractivity contribution in [1.29, 1.82) is 0 Å². The third-order valence-corrected chi connectivity index (χ3v) is 5.65. The van der Waals surface area contributed by atoms with E-state index in [0.717, 1.165) is 11.3 Å². The third-order valence-electron chi connectivity index (χ3n) is 4.55. The first-order chi connectivity index (χ1) is 14.9. The van der Waals surface area contributed by atoms with Crippen LogP contribution in [0.15, 0.2) is 47.8 Å². The van der Waals surface area contributed by atoms with E-state index in [4.69, 9.17) is 11.6 Å². The van der Waals surface area contributed by atoms with Gasteiger partial charge in [0.05, 0.1) is 5.69 Å². The number of thiazole rings is 1. The second-order valence-electron chi connectivity index (χ2n) is 6.79. The second-order valence-corrected chi connectivity index (χ2v) is 8.06. The maximum atomic E-state index is 13.5. The monoisotopic (exact) mass is 457 g/mol. The maximum Gasteiger partial charge on any atom is 0.313 e. The first kappa shape index (κ1) is 21.0. The average molecular weight is 458 g/mol. The van der Waals surface area contributed by atoms with Gasteiger partial charge in [0.15, 0.2) is 5.82 Å². The number of benzene rings is 2. The van der Waals surface area contributed by atoms with Crippen molar-refractivity contribution in [1.82, 2.24) is 19.9 Å². The SMILES string of the molecule is Cc1ccc(Cl)cc1NC(=O)C(=O)NCCc1csc2nc(-c3cccc(F)c3)nn12. The van der Waals surface area contributed by atoms with Crippen molar-refractivity contribution >= 4 is 45.4 Å². The summed E-state index contributed by atoms with van der Waals surface area (Å²) in [5.74, 6) is -1.45. The number of halogens is 2. The minimum atomic E-state index is -0.769. The number of aryl methyl sites for hydroxylation is 1. The van der Waals surface area contributed by atoms with Crippen LogP contribution in [0.2, 0.25) is 5.02 Å². The number of carbonyl (C=O) groups excluding carboxylic acids is 2. The van der Waals surface area contributed by atoms with Crippen LogP contribution in [0.1, 0.15) is 11.3 Å². The highest BCUT2D eigenvalue weighted by Gasteiger charge is 2.16. The molecule has 0 saturated carbocycles. The predicted octanol–water partition coefficient (Wildman–Crippen LogP) is 3.86. The lowest BCUT2D eigenvalue weighted by atomic mass is 10.2. The molecule has 0 aliphatic carbocycles. The highest BCUT2D eigenvalue weighted by atomic mass is 35.5. The Morgan fingerprint density at radius 2 is 2.03 bits per heavy atom. The summed E-state index contributed by atoms with van der Waals surface area (Å²) in [7, 11) is 0. The molecular weight excluding hydrogens is 441 g/mol. The van der Waals surface area contributed by atoms with E-state index in [0.29, 0.717) is 33.5 Å². The number of nitrogens with one attached hydrogen (secondary N) is 2. The summed E-state index contributed by atoms with van der Waals surface area (Å²) in [5, 5.41) is 11.9. The van der Waals surface area contributed by atoms with Crippen molar-refractivity contribution in [3.63, 3.8) is 0 Å². The van der Waals surface area contributed by atoms with Crippen molar-refractivity contribution in [3.8, 4) is 11.4 Å². The molecular formula is C21H17ClFN5O2S. The van der Waals surface area contributed by atoms with Crippen LogP contribution in [-0.2, 0) is 16.0 Å². The first-order valence-corrected chi connectivity index (χ1v) is 10.6. The van der Waals surface area contributed by atoms with Crippen LogP contribution in [0, 0.1) is 12.7 Å². The number of amides is 2. The van der Waals surface area contributed by atoms with Crippen LogP contribution in [0.25, 0.3) is 16.3 Å². The van der Waals surface area contributed by atoms with Gasteiger partial charge in [-0.15, -0.1) is 16.4 Å². The minimum absolute atomic E-state index is 0.238. The van der Waals surface area contributed by atoms with E-state index in [1.807, 2.05) is 12.3 Å². The number of rotatable bonds is 5. The molecule has 2 heterocycles. The van der Waals surface area contributed by atoms with Gasteiger partial charge >= 0.3 is 11.8 Å². The molecule has 2 aromatic heterocycles. The van der Waals surface area contributed by atoms with Crippen LogP contribution in [0.5, 0.6) is 0 Å². The van der Waals surface area contributed by atoms with E-state index in [-0.39, 0.29) is 12.4 Å². The maximum absolute atomic E-state index is 13.5. The Balaban J connectivity index is 1.37. The quantitative estimate of drug-likeness (QED) is 0.445. The van der Waals surface area contributed by atoms with Crippen LogP contribution in [0.4, 0.5) is 10.1 Å². The smallest absolute Gasteiger partial charge is 0.313 e. The molecule has 0 fully saturated rings. The predicted molar refractivity (Wildman–Crippen MR) is 118 cm³/mol. The van der Waals surface area contributed by atoms with Crippen molar-refractivity contribution < 1.29 is 14.0 Å². The van der Waals surface area contributed by atoms with E-state index in [1.54, 1.807) is 34.8 Å². The summed E-state index contributed by atoms with van der Waals surface area (Å²) >= 11 is 7.33. The lowest BCUT2D eigenvalue weighted by Crippen LogP contribution is -2.36. The molecule has 10 heteroatoms. The number of nitrogens with zero attached hydrogens (tertiary/aromatic N) is 3. The molecule has 0 bridgehead atoms. The van der Waals surface area contributed by atoms with Crippen molar-refractivity contribution in [2.75, 3.05) is 11.9 Å². The van der Waals surface area contributed by atoms with Gasteiger partial charge in [-0.2, -0.15) is 4.98 Å². The normalized spacial score (nSPS) is 10.9. The molecule has 7 nitrogen and oxygen atoms in total. The van der Waals surface area contributed by atoms with E-state index in [1.165, 1.54) is 23.5 Å². The zero-order chi connectivity index (χ0) is 22.0. The molecule has 4 aromatic rings. The van der Waals surface area contributed by atoms with Crippen LogP contribution < -0.4 is 10.6 Å². The van der Waals surface area contributed by atoms with Gasteiger partial charge in [0.1, 0.15) is 5.82 Å². The third kappa shape index (κ3) is 4.73. The number of aromatic nitrogens is 3. The molecule has 31 heavy (non-hydrogen) atoms. The van der Waals surface area contributed by atoms with Crippen LogP contribution in [0.3, 0.4) is 0 Å². The molecule has 0 aliphatic heterocycles. The second kappa shape index (κ2) is 8.83. The van der Waals surface area contributed by atoms with Crippen LogP contribution in [-0.4, -0.2) is 33.0 Å². The number of anilines is 1. The molecule has 158 valence electrons. The number of fused-ring (bicyclic) bond motifs is 1. The Bertz CT molecular complexity index is 1290.